The van der Waals surface area contributed by atoms with Gasteiger partial charge in [-0.15, -0.1) is 24.0 Å². The maximum Gasteiger partial charge on any atom is 0.195 e. The van der Waals surface area contributed by atoms with Gasteiger partial charge in [-0.1, -0.05) is 6.07 Å². The first-order valence-corrected chi connectivity index (χ1v) is 6.17. The van der Waals surface area contributed by atoms with E-state index in [4.69, 9.17) is 0 Å². The highest BCUT2D eigenvalue weighted by Gasteiger charge is 2.07. The summed E-state index contributed by atoms with van der Waals surface area (Å²) in [6.45, 7) is 0.469. The zero-order valence-corrected chi connectivity index (χ0v) is 15.3. The summed E-state index contributed by atoms with van der Waals surface area (Å²) in [7, 11) is 11.4. The van der Waals surface area contributed by atoms with Gasteiger partial charge >= 0.3 is 0 Å². The van der Waals surface area contributed by atoms with E-state index in [0.29, 0.717) is 12.2 Å². The van der Waals surface area contributed by atoms with Crippen LogP contribution in [0.1, 0.15) is 5.56 Å². The van der Waals surface area contributed by atoms with Gasteiger partial charge < -0.3 is 14.7 Å². The summed E-state index contributed by atoms with van der Waals surface area (Å²) in [6, 6.07) is 5.23. The van der Waals surface area contributed by atoms with Crippen LogP contribution in [0, 0.1) is 5.82 Å². The molecule has 0 saturated heterocycles. The first kappa shape index (κ1) is 18.9. The zero-order valence-electron chi connectivity index (χ0n) is 13.0. The molecule has 0 spiro atoms. The fraction of sp³-hybridized carbons (Fsp3) is 0.500. The summed E-state index contributed by atoms with van der Waals surface area (Å²) in [4.78, 5) is 10.1. The lowest BCUT2D eigenvalue weighted by molar-refractivity contribution is 0.479. The number of hydrogen-bond donors (Lipinski definition) is 0. The normalized spacial score (nSPS) is 9.55. The first-order valence-electron chi connectivity index (χ1n) is 6.17. The molecular weight excluding hydrogens is 370 g/mol. The maximum absolute atomic E-state index is 13.8. The van der Waals surface area contributed by atoms with Gasteiger partial charge in [0.1, 0.15) is 5.82 Å². The van der Waals surface area contributed by atoms with E-state index in [-0.39, 0.29) is 29.8 Å². The third-order valence-electron chi connectivity index (χ3n) is 2.70. The molecule has 0 fully saturated rings. The average Bonchev–Trinajstić information content (AvgIpc) is 2.27. The highest BCUT2D eigenvalue weighted by molar-refractivity contribution is 14.0. The Balaban J connectivity index is 0.00000361. The van der Waals surface area contributed by atoms with Crippen molar-refractivity contribution in [2.75, 3.05) is 47.2 Å². The standard InChI is InChI=1S/C14H23FN4.HI/c1-17(2)13-8-7-11(9-12(13)15)10-16-14(18(3)4)19(5)6;/h7-9H,10H2,1-6H3;1H. The van der Waals surface area contributed by atoms with Crippen LogP contribution in [0.25, 0.3) is 0 Å². The van der Waals surface area contributed by atoms with Crippen LogP contribution in [0.3, 0.4) is 0 Å². The summed E-state index contributed by atoms with van der Waals surface area (Å²) in [6.07, 6.45) is 0. The topological polar surface area (TPSA) is 22.1 Å². The van der Waals surface area contributed by atoms with Crippen LogP contribution in [0.4, 0.5) is 10.1 Å². The monoisotopic (exact) mass is 394 g/mol. The summed E-state index contributed by atoms with van der Waals surface area (Å²) in [5, 5.41) is 0. The van der Waals surface area contributed by atoms with Crippen molar-refractivity contribution in [2.45, 2.75) is 6.54 Å². The van der Waals surface area contributed by atoms with Crippen molar-refractivity contribution in [2.24, 2.45) is 4.99 Å². The predicted molar refractivity (Wildman–Crippen MR) is 94.7 cm³/mol. The Morgan fingerprint density at radius 3 is 2.00 bits per heavy atom. The molecule has 6 heteroatoms. The molecule has 0 N–H and O–H groups in total. The van der Waals surface area contributed by atoms with Gasteiger partial charge in [-0.05, 0) is 17.7 Å². The van der Waals surface area contributed by atoms with Crippen LogP contribution >= 0.6 is 24.0 Å². The Labute approximate surface area is 138 Å². The Morgan fingerprint density at radius 1 is 1.05 bits per heavy atom. The second-order valence-electron chi connectivity index (χ2n) is 5.09. The van der Waals surface area contributed by atoms with Crippen LogP contribution in [0.5, 0.6) is 0 Å². The number of hydrogen-bond acceptors (Lipinski definition) is 2. The minimum absolute atomic E-state index is 0. The molecule has 0 aromatic heterocycles. The van der Waals surface area contributed by atoms with E-state index >= 15 is 0 Å². The summed E-state index contributed by atoms with van der Waals surface area (Å²) in [5.74, 6) is 0.644. The molecule has 20 heavy (non-hydrogen) atoms. The van der Waals surface area contributed by atoms with E-state index in [1.165, 1.54) is 0 Å². The lowest BCUT2D eigenvalue weighted by Crippen LogP contribution is -2.35. The molecule has 0 amide bonds. The highest BCUT2D eigenvalue weighted by Crippen LogP contribution is 2.18. The third-order valence-corrected chi connectivity index (χ3v) is 2.70. The third kappa shape index (κ3) is 5.15. The molecule has 0 saturated carbocycles. The minimum atomic E-state index is -0.214. The average molecular weight is 394 g/mol. The maximum atomic E-state index is 13.8. The van der Waals surface area contributed by atoms with Crippen molar-refractivity contribution in [3.05, 3.63) is 29.6 Å². The molecule has 0 radical (unpaired) electrons. The lowest BCUT2D eigenvalue weighted by Gasteiger charge is -2.22. The molecule has 1 aromatic rings. The van der Waals surface area contributed by atoms with Crippen molar-refractivity contribution in [3.63, 3.8) is 0 Å². The molecule has 1 aromatic carbocycles. The second kappa shape index (κ2) is 8.28. The van der Waals surface area contributed by atoms with Crippen molar-refractivity contribution >= 4 is 35.6 Å². The molecule has 0 unspecified atom stereocenters. The lowest BCUT2D eigenvalue weighted by atomic mass is 10.2. The fourth-order valence-corrected chi connectivity index (χ4v) is 1.86. The highest BCUT2D eigenvalue weighted by atomic mass is 127. The number of guanidine groups is 1. The van der Waals surface area contributed by atoms with Gasteiger partial charge in [0.25, 0.3) is 0 Å². The summed E-state index contributed by atoms with van der Waals surface area (Å²) < 4.78 is 13.8. The predicted octanol–water partition coefficient (Wildman–Crippen LogP) is 2.49. The van der Waals surface area contributed by atoms with Crippen molar-refractivity contribution < 1.29 is 4.39 Å². The second-order valence-corrected chi connectivity index (χ2v) is 5.09. The van der Waals surface area contributed by atoms with Crippen molar-refractivity contribution in [1.82, 2.24) is 9.80 Å². The van der Waals surface area contributed by atoms with E-state index < -0.39 is 0 Å². The van der Waals surface area contributed by atoms with Crippen LogP contribution < -0.4 is 4.90 Å². The van der Waals surface area contributed by atoms with Gasteiger partial charge in [0, 0.05) is 42.3 Å². The van der Waals surface area contributed by atoms with Gasteiger partial charge in [-0.25, -0.2) is 9.38 Å². The van der Waals surface area contributed by atoms with Crippen LogP contribution in [0.15, 0.2) is 23.2 Å². The van der Waals surface area contributed by atoms with E-state index in [1.807, 2.05) is 58.2 Å². The zero-order chi connectivity index (χ0) is 14.6. The Kier molecular flexibility index (Phi) is 7.85. The molecule has 0 aliphatic heterocycles. The Hall–Kier alpha value is -1.05. The van der Waals surface area contributed by atoms with Crippen LogP contribution in [-0.2, 0) is 6.54 Å². The first-order chi connectivity index (χ1) is 8.82. The number of anilines is 1. The largest absolute Gasteiger partial charge is 0.375 e. The van der Waals surface area contributed by atoms with Crippen molar-refractivity contribution in [3.8, 4) is 0 Å². The van der Waals surface area contributed by atoms with Gasteiger partial charge in [0.15, 0.2) is 5.96 Å². The van der Waals surface area contributed by atoms with Gasteiger partial charge in [-0.3, -0.25) is 0 Å². The molecule has 0 aliphatic carbocycles. The number of halogens is 2. The molecule has 0 heterocycles. The van der Waals surface area contributed by atoms with E-state index in [0.717, 1.165) is 11.5 Å². The minimum Gasteiger partial charge on any atom is -0.375 e. The molecule has 1 rings (SSSR count). The smallest absolute Gasteiger partial charge is 0.195 e. The molecule has 114 valence electrons. The molecule has 0 aliphatic rings. The van der Waals surface area contributed by atoms with Crippen LogP contribution in [-0.4, -0.2) is 58.0 Å². The summed E-state index contributed by atoms with van der Waals surface area (Å²) in [5.41, 5.74) is 1.46. The molecule has 0 bridgehead atoms. The Bertz CT molecular complexity index is 448. The van der Waals surface area contributed by atoms with Gasteiger partial charge in [0.2, 0.25) is 0 Å². The number of benzene rings is 1. The number of aliphatic imine (C=N–C) groups is 1. The summed E-state index contributed by atoms with van der Waals surface area (Å²) >= 11 is 0. The van der Waals surface area contributed by atoms with E-state index in [2.05, 4.69) is 4.99 Å². The quantitative estimate of drug-likeness (QED) is 0.447. The Morgan fingerprint density at radius 2 is 1.60 bits per heavy atom. The van der Waals surface area contributed by atoms with Crippen LogP contribution in [0.2, 0.25) is 0 Å². The number of rotatable bonds is 3. The molecule has 0 atom stereocenters. The van der Waals surface area contributed by atoms with Gasteiger partial charge in [-0.2, -0.15) is 0 Å². The van der Waals surface area contributed by atoms with E-state index in [9.17, 15) is 4.39 Å². The number of nitrogens with zero attached hydrogens (tertiary/aromatic N) is 4. The molecule has 4 nitrogen and oxygen atoms in total. The van der Waals surface area contributed by atoms with Crippen molar-refractivity contribution in [1.29, 1.82) is 0 Å². The SMILES string of the molecule is CN(C)C(=NCc1ccc(N(C)C)c(F)c1)N(C)C.I. The van der Waals surface area contributed by atoms with E-state index in [1.54, 1.807) is 17.0 Å². The fourth-order valence-electron chi connectivity index (χ4n) is 1.86. The molecular formula is C14H24FIN4. The van der Waals surface area contributed by atoms with Gasteiger partial charge in [0.05, 0.1) is 12.2 Å².